The van der Waals surface area contributed by atoms with Gasteiger partial charge in [0.25, 0.3) is 0 Å². The van der Waals surface area contributed by atoms with Crippen LogP contribution in [0.15, 0.2) is 29.6 Å². The minimum atomic E-state index is 0.392. The summed E-state index contributed by atoms with van der Waals surface area (Å²) in [6.07, 6.45) is 13.9. The summed E-state index contributed by atoms with van der Waals surface area (Å²) in [5, 5.41) is 7.58. The van der Waals surface area contributed by atoms with Crippen LogP contribution in [0.25, 0.3) is 11.3 Å². The van der Waals surface area contributed by atoms with E-state index in [2.05, 4.69) is 31.8 Å². The van der Waals surface area contributed by atoms with Crippen LogP contribution in [0.5, 0.6) is 0 Å². The first-order valence-corrected chi connectivity index (χ1v) is 12.6. The van der Waals surface area contributed by atoms with Gasteiger partial charge < -0.3 is 20.1 Å². The Bertz CT molecular complexity index is 929. The Morgan fingerprint density at radius 3 is 2.74 bits per heavy atom. The standard InChI is InChI=1S/C25H35ClN6O2/c1-33-11-8-27-13-18-2-4-20(5-3-18)31-24-12-21(22(26)15-30-24)23-16-28-17-25(32-23)29-14-19-6-9-34-10-7-19/h12-13,15-20H,2-11,14H2,1H3,(H,29,32)(H,30,31). The molecule has 8 nitrogen and oxygen atoms in total. The number of halogens is 1. The highest BCUT2D eigenvalue weighted by Gasteiger charge is 2.21. The number of aliphatic imine (C=N–C) groups is 1. The van der Waals surface area contributed by atoms with E-state index in [1.54, 1.807) is 25.7 Å². The van der Waals surface area contributed by atoms with Gasteiger partial charge >= 0.3 is 0 Å². The summed E-state index contributed by atoms with van der Waals surface area (Å²) >= 11 is 6.50. The van der Waals surface area contributed by atoms with Gasteiger partial charge in [-0.1, -0.05) is 11.6 Å². The van der Waals surface area contributed by atoms with Crippen LogP contribution in [-0.2, 0) is 9.47 Å². The molecule has 0 amide bonds. The average Bonchev–Trinajstić information content (AvgIpc) is 2.88. The number of nitrogens with one attached hydrogen (secondary N) is 2. The first-order chi connectivity index (χ1) is 16.7. The summed E-state index contributed by atoms with van der Waals surface area (Å²) in [5.41, 5.74) is 1.57. The van der Waals surface area contributed by atoms with Gasteiger partial charge in [0.05, 0.1) is 36.3 Å². The molecule has 1 saturated carbocycles. The summed E-state index contributed by atoms with van der Waals surface area (Å²) in [7, 11) is 1.71. The summed E-state index contributed by atoms with van der Waals surface area (Å²) in [6.45, 7) is 3.96. The van der Waals surface area contributed by atoms with Crippen molar-refractivity contribution >= 4 is 29.5 Å². The maximum absolute atomic E-state index is 6.50. The molecule has 2 aliphatic rings. The quantitative estimate of drug-likeness (QED) is 0.370. The molecule has 3 heterocycles. The van der Waals surface area contributed by atoms with Crippen LogP contribution < -0.4 is 10.6 Å². The lowest BCUT2D eigenvalue weighted by atomic mass is 9.87. The fourth-order valence-corrected chi connectivity index (χ4v) is 4.68. The maximum Gasteiger partial charge on any atom is 0.145 e. The summed E-state index contributed by atoms with van der Waals surface area (Å²) in [6, 6.07) is 2.37. The van der Waals surface area contributed by atoms with Gasteiger partial charge in [0.1, 0.15) is 11.6 Å². The van der Waals surface area contributed by atoms with Crippen LogP contribution in [0.4, 0.5) is 11.6 Å². The van der Waals surface area contributed by atoms with Crippen molar-refractivity contribution < 1.29 is 9.47 Å². The van der Waals surface area contributed by atoms with E-state index in [1.165, 1.54) is 0 Å². The number of nitrogens with zero attached hydrogens (tertiary/aromatic N) is 4. The predicted octanol–water partition coefficient (Wildman–Crippen LogP) is 4.72. The molecule has 0 unspecified atom stereocenters. The molecular weight excluding hydrogens is 452 g/mol. The highest BCUT2D eigenvalue weighted by molar-refractivity contribution is 6.33. The van der Waals surface area contributed by atoms with Crippen LogP contribution in [0.2, 0.25) is 5.02 Å². The molecule has 4 rings (SSSR count). The molecule has 2 aromatic heterocycles. The van der Waals surface area contributed by atoms with E-state index in [0.717, 1.165) is 87.7 Å². The maximum atomic E-state index is 6.50. The largest absolute Gasteiger partial charge is 0.383 e. The molecule has 2 aromatic rings. The normalized spacial score (nSPS) is 21.6. The van der Waals surface area contributed by atoms with Crippen LogP contribution in [-0.4, -0.2) is 67.2 Å². The van der Waals surface area contributed by atoms with Crippen molar-refractivity contribution in [3.63, 3.8) is 0 Å². The Kier molecular flexibility index (Phi) is 9.47. The van der Waals surface area contributed by atoms with Crippen molar-refractivity contribution in [1.29, 1.82) is 0 Å². The van der Waals surface area contributed by atoms with Gasteiger partial charge in [-0.3, -0.25) is 9.98 Å². The molecule has 0 spiro atoms. The smallest absolute Gasteiger partial charge is 0.145 e. The minimum Gasteiger partial charge on any atom is -0.383 e. The molecule has 1 aliphatic carbocycles. The third-order valence-electron chi connectivity index (χ3n) is 6.54. The first kappa shape index (κ1) is 24.8. The third kappa shape index (κ3) is 7.35. The van der Waals surface area contributed by atoms with E-state index in [1.807, 2.05) is 6.07 Å². The van der Waals surface area contributed by atoms with E-state index in [9.17, 15) is 0 Å². The molecule has 2 N–H and O–H groups in total. The molecule has 9 heteroatoms. The van der Waals surface area contributed by atoms with Gasteiger partial charge in [0, 0.05) is 50.9 Å². The highest BCUT2D eigenvalue weighted by atomic mass is 35.5. The lowest BCUT2D eigenvalue weighted by Gasteiger charge is -2.27. The topological polar surface area (TPSA) is 93.5 Å². The number of hydrogen-bond acceptors (Lipinski definition) is 8. The van der Waals surface area contributed by atoms with E-state index < -0.39 is 0 Å². The molecular formula is C25H35ClN6O2. The second-order valence-electron chi connectivity index (χ2n) is 9.08. The van der Waals surface area contributed by atoms with Crippen molar-refractivity contribution in [2.24, 2.45) is 16.8 Å². The summed E-state index contributed by atoms with van der Waals surface area (Å²) in [5.74, 6) is 2.73. The molecule has 0 bridgehead atoms. The highest BCUT2D eigenvalue weighted by Crippen LogP contribution is 2.30. The Morgan fingerprint density at radius 2 is 1.94 bits per heavy atom. The molecule has 0 aromatic carbocycles. The molecule has 0 atom stereocenters. The van der Waals surface area contributed by atoms with Gasteiger partial charge in [0.15, 0.2) is 0 Å². The van der Waals surface area contributed by atoms with Gasteiger partial charge in [-0.05, 0) is 56.4 Å². The van der Waals surface area contributed by atoms with E-state index in [4.69, 9.17) is 26.1 Å². The fraction of sp³-hybridized carbons (Fsp3) is 0.600. The van der Waals surface area contributed by atoms with Crippen LogP contribution >= 0.6 is 11.6 Å². The number of hydrogen-bond donors (Lipinski definition) is 2. The average molecular weight is 487 g/mol. The second-order valence-corrected chi connectivity index (χ2v) is 9.49. The second kappa shape index (κ2) is 13.0. The lowest BCUT2D eigenvalue weighted by molar-refractivity contribution is 0.0699. The predicted molar refractivity (Wildman–Crippen MR) is 137 cm³/mol. The number of methoxy groups -OCH3 is 1. The number of pyridine rings is 1. The van der Waals surface area contributed by atoms with Crippen molar-refractivity contribution in [2.45, 2.75) is 44.6 Å². The molecule has 1 saturated heterocycles. The number of aromatic nitrogens is 3. The molecule has 1 aliphatic heterocycles. The third-order valence-corrected chi connectivity index (χ3v) is 6.84. The van der Waals surface area contributed by atoms with Crippen molar-refractivity contribution in [3.8, 4) is 11.3 Å². The molecule has 2 fully saturated rings. The van der Waals surface area contributed by atoms with E-state index in [-0.39, 0.29) is 0 Å². The van der Waals surface area contributed by atoms with E-state index in [0.29, 0.717) is 29.5 Å². The summed E-state index contributed by atoms with van der Waals surface area (Å²) in [4.78, 5) is 18.1. The van der Waals surface area contributed by atoms with Crippen LogP contribution in [0, 0.1) is 11.8 Å². The monoisotopic (exact) mass is 486 g/mol. The van der Waals surface area contributed by atoms with Crippen molar-refractivity contribution in [3.05, 3.63) is 29.7 Å². The Morgan fingerprint density at radius 1 is 1.12 bits per heavy atom. The van der Waals surface area contributed by atoms with Gasteiger partial charge in [-0.2, -0.15) is 0 Å². The van der Waals surface area contributed by atoms with E-state index >= 15 is 0 Å². The molecule has 0 radical (unpaired) electrons. The minimum absolute atomic E-state index is 0.392. The van der Waals surface area contributed by atoms with Crippen LogP contribution in [0.3, 0.4) is 0 Å². The Labute approximate surface area is 207 Å². The molecule has 34 heavy (non-hydrogen) atoms. The van der Waals surface area contributed by atoms with Crippen LogP contribution in [0.1, 0.15) is 38.5 Å². The van der Waals surface area contributed by atoms with Crippen molar-refractivity contribution in [1.82, 2.24) is 15.0 Å². The Hall–Kier alpha value is -2.29. The zero-order valence-electron chi connectivity index (χ0n) is 19.9. The van der Waals surface area contributed by atoms with Gasteiger partial charge in [0.2, 0.25) is 0 Å². The SMILES string of the molecule is COCCN=CC1CCC(Nc2cc(-c3cncc(NCC4CCOCC4)n3)c(Cl)cn2)CC1. The summed E-state index contributed by atoms with van der Waals surface area (Å²) < 4.78 is 10.5. The first-order valence-electron chi connectivity index (χ1n) is 12.3. The number of rotatable bonds is 10. The zero-order valence-corrected chi connectivity index (χ0v) is 20.6. The fourth-order valence-electron chi connectivity index (χ4n) is 4.48. The number of ether oxygens (including phenoxy) is 2. The lowest BCUT2D eigenvalue weighted by Crippen LogP contribution is -2.27. The number of anilines is 2. The van der Waals surface area contributed by atoms with Gasteiger partial charge in [-0.15, -0.1) is 0 Å². The van der Waals surface area contributed by atoms with Crippen molar-refractivity contribution in [2.75, 3.05) is 50.7 Å². The molecule has 184 valence electrons. The zero-order chi connectivity index (χ0) is 23.6. The Balaban J connectivity index is 1.34. The van der Waals surface area contributed by atoms with Gasteiger partial charge in [-0.25, -0.2) is 9.97 Å².